The normalized spacial score (nSPS) is 21.1. The summed E-state index contributed by atoms with van der Waals surface area (Å²) in [6.45, 7) is 4.84. The number of hydrogen-bond donors (Lipinski definition) is 1. The van der Waals surface area contributed by atoms with E-state index in [1.165, 1.54) is 6.07 Å². The van der Waals surface area contributed by atoms with E-state index in [4.69, 9.17) is 4.42 Å². The maximum absolute atomic E-state index is 13.6. The minimum Gasteiger partial charge on any atom is -0.462 e. The van der Waals surface area contributed by atoms with Crippen molar-refractivity contribution >= 4 is 16.7 Å². The van der Waals surface area contributed by atoms with Gasteiger partial charge >= 0.3 is 0 Å². The lowest BCUT2D eigenvalue weighted by atomic mass is 10.1. The Bertz CT molecular complexity index is 537. The van der Waals surface area contributed by atoms with Crippen LogP contribution in [-0.2, 0) is 0 Å². The Morgan fingerprint density at radius 3 is 3.18 bits per heavy atom. The summed E-state index contributed by atoms with van der Waals surface area (Å²) in [5.74, 6) is -0.209. The van der Waals surface area contributed by atoms with Gasteiger partial charge in [0.05, 0.1) is 12.0 Å². The summed E-state index contributed by atoms with van der Waals surface area (Å²) in [5, 5.41) is 4.15. The second-order valence-electron chi connectivity index (χ2n) is 4.51. The number of hydrogen-bond acceptors (Lipinski definition) is 3. The van der Waals surface area contributed by atoms with E-state index in [-0.39, 0.29) is 5.82 Å². The van der Waals surface area contributed by atoms with Crippen LogP contribution < -0.4 is 10.2 Å². The van der Waals surface area contributed by atoms with E-state index in [1.807, 2.05) is 0 Å². The Labute approximate surface area is 99.2 Å². The summed E-state index contributed by atoms with van der Waals surface area (Å²) in [5.41, 5.74) is 1.64. The van der Waals surface area contributed by atoms with E-state index in [0.29, 0.717) is 6.04 Å². The minimum atomic E-state index is -0.209. The number of halogens is 1. The third kappa shape index (κ3) is 1.78. The first kappa shape index (κ1) is 10.6. The molecular formula is C13H15FN2O. The predicted molar refractivity (Wildman–Crippen MR) is 65.8 cm³/mol. The highest BCUT2D eigenvalue weighted by atomic mass is 19.1. The molecule has 3 rings (SSSR count). The predicted octanol–water partition coefficient (Wildman–Crippen LogP) is 2.37. The van der Waals surface area contributed by atoms with Gasteiger partial charge in [0.15, 0.2) is 5.58 Å². The van der Waals surface area contributed by atoms with Crippen LogP contribution in [0.3, 0.4) is 0 Å². The van der Waals surface area contributed by atoms with Gasteiger partial charge in [-0.15, -0.1) is 0 Å². The Balaban J connectivity index is 2.11. The Kier molecular flexibility index (Phi) is 2.52. The Morgan fingerprint density at radius 2 is 2.35 bits per heavy atom. The lowest BCUT2D eigenvalue weighted by Crippen LogP contribution is -2.50. The molecular weight excluding hydrogens is 219 g/mol. The molecule has 1 N–H and O–H groups in total. The number of benzene rings is 1. The molecule has 1 aromatic carbocycles. The number of furan rings is 1. The van der Waals surface area contributed by atoms with Crippen molar-refractivity contribution in [3.05, 3.63) is 30.3 Å². The molecule has 0 amide bonds. The molecule has 3 nitrogen and oxygen atoms in total. The van der Waals surface area contributed by atoms with Gasteiger partial charge in [-0.25, -0.2) is 4.39 Å². The summed E-state index contributed by atoms with van der Waals surface area (Å²) in [7, 11) is 0. The van der Waals surface area contributed by atoms with E-state index in [1.54, 1.807) is 18.4 Å². The van der Waals surface area contributed by atoms with Gasteiger partial charge in [-0.3, -0.25) is 0 Å². The maximum atomic E-state index is 13.6. The van der Waals surface area contributed by atoms with E-state index >= 15 is 0 Å². The molecule has 90 valence electrons. The quantitative estimate of drug-likeness (QED) is 0.821. The van der Waals surface area contributed by atoms with Gasteiger partial charge in [0.1, 0.15) is 5.82 Å². The van der Waals surface area contributed by atoms with E-state index < -0.39 is 0 Å². The van der Waals surface area contributed by atoms with Crippen molar-refractivity contribution in [2.75, 3.05) is 24.5 Å². The molecule has 1 aliphatic heterocycles. The average Bonchev–Trinajstić information content (AvgIpc) is 2.76. The van der Waals surface area contributed by atoms with Crippen molar-refractivity contribution in [1.82, 2.24) is 5.32 Å². The molecule has 4 heteroatoms. The number of nitrogens with zero attached hydrogens (tertiary/aromatic N) is 1. The van der Waals surface area contributed by atoms with Crippen LogP contribution in [0.25, 0.3) is 11.0 Å². The lowest BCUT2D eigenvalue weighted by molar-refractivity contribution is 0.497. The molecule has 1 aromatic heterocycles. The first-order chi connectivity index (χ1) is 8.25. The van der Waals surface area contributed by atoms with Crippen molar-refractivity contribution in [3.8, 4) is 0 Å². The van der Waals surface area contributed by atoms with Crippen LogP contribution in [0.2, 0.25) is 0 Å². The molecule has 2 heterocycles. The molecule has 0 saturated carbocycles. The number of fused-ring (bicyclic) bond motifs is 1. The van der Waals surface area contributed by atoms with Crippen LogP contribution in [0.5, 0.6) is 0 Å². The standard InChI is InChI=1S/C13H15FN2O/c1-9-8-15-3-4-16(9)12-7-11(14)6-10-2-5-17-13(10)12/h2,5-7,9,15H,3-4,8H2,1H3/t9-/m0/s1. The second kappa shape index (κ2) is 4.04. The molecule has 1 fully saturated rings. The second-order valence-corrected chi connectivity index (χ2v) is 4.51. The largest absolute Gasteiger partial charge is 0.462 e. The van der Waals surface area contributed by atoms with Gasteiger partial charge in [-0.1, -0.05) is 0 Å². The summed E-state index contributed by atoms with van der Waals surface area (Å²) in [6.07, 6.45) is 1.61. The monoisotopic (exact) mass is 234 g/mol. The lowest BCUT2D eigenvalue weighted by Gasteiger charge is -2.35. The van der Waals surface area contributed by atoms with Crippen molar-refractivity contribution in [2.24, 2.45) is 0 Å². The van der Waals surface area contributed by atoms with Crippen LogP contribution in [0.15, 0.2) is 28.9 Å². The molecule has 1 atom stereocenters. The fraction of sp³-hybridized carbons (Fsp3) is 0.385. The smallest absolute Gasteiger partial charge is 0.157 e. The molecule has 0 spiro atoms. The van der Waals surface area contributed by atoms with Crippen LogP contribution >= 0.6 is 0 Å². The highest BCUT2D eigenvalue weighted by Gasteiger charge is 2.21. The molecule has 0 radical (unpaired) electrons. The van der Waals surface area contributed by atoms with Gasteiger partial charge in [0.25, 0.3) is 0 Å². The molecule has 0 aliphatic carbocycles. The third-order valence-corrected chi connectivity index (χ3v) is 3.31. The number of anilines is 1. The number of piperazine rings is 1. The first-order valence-electron chi connectivity index (χ1n) is 5.90. The van der Waals surface area contributed by atoms with Crippen LogP contribution in [0.1, 0.15) is 6.92 Å². The fourth-order valence-electron chi connectivity index (χ4n) is 2.44. The van der Waals surface area contributed by atoms with Crippen LogP contribution in [-0.4, -0.2) is 25.7 Å². The summed E-state index contributed by atoms with van der Waals surface area (Å²) < 4.78 is 19.0. The maximum Gasteiger partial charge on any atom is 0.157 e. The third-order valence-electron chi connectivity index (χ3n) is 3.31. The SMILES string of the molecule is C[C@H]1CNCCN1c1cc(F)cc2ccoc12. The van der Waals surface area contributed by atoms with Gasteiger partial charge in [0, 0.05) is 37.1 Å². The number of nitrogens with one attached hydrogen (secondary N) is 1. The highest BCUT2D eigenvalue weighted by molar-refractivity contribution is 5.89. The average molecular weight is 234 g/mol. The van der Waals surface area contributed by atoms with Crippen LogP contribution in [0, 0.1) is 5.82 Å². The first-order valence-corrected chi connectivity index (χ1v) is 5.90. The molecule has 1 saturated heterocycles. The Morgan fingerprint density at radius 1 is 1.47 bits per heavy atom. The highest BCUT2D eigenvalue weighted by Crippen LogP contribution is 2.30. The Hall–Kier alpha value is -1.55. The minimum absolute atomic E-state index is 0.209. The van der Waals surface area contributed by atoms with Crippen molar-refractivity contribution in [3.63, 3.8) is 0 Å². The number of rotatable bonds is 1. The molecule has 1 aliphatic rings. The molecule has 0 unspecified atom stereocenters. The molecule has 17 heavy (non-hydrogen) atoms. The van der Waals surface area contributed by atoms with Crippen LogP contribution in [0.4, 0.5) is 10.1 Å². The molecule has 0 bridgehead atoms. The summed E-state index contributed by atoms with van der Waals surface area (Å²) >= 11 is 0. The van der Waals surface area contributed by atoms with E-state index in [9.17, 15) is 4.39 Å². The summed E-state index contributed by atoms with van der Waals surface area (Å²) in [4.78, 5) is 2.20. The van der Waals surface area contributed by atoms with Crippen molar-refractivity contribution < 1.29 is 8.81 Å². The topological polar surface area (TPSA) is 28.4 Å². The zero-order valence-corrected chi connectivity index (χ0v) is 9.74. The van der Waals surface area contributed by atoms with Gasteiger partial charge in [-0.2, -0.15) is 0 Å². The molecule has 2 aromatic rings. The van der Waals surface area contributed by atoms with Gasteiger partial charge in [0.2, 0.25) is 0 Å². The van der Waals surface area contributed by atoms with E-state index in [0.717, 1.165) is 36.3 Å². The van der Waals surface area contributed by atoms with Crippen molar-refractivity contribution in [1.29, 1.82) is 0 Å². The van der Waals surface area contributed by atoms with E-state index in [2.05, 4.69) is 17.1 Å². The van der Waals surface area contributed by atoms with Gasteiger partial charge in [-0.05, 0) is 19.1 Å². The van der Waals surface area contributed by atoms with Crippen molar-refractivity contribution in [2.45, 2.75) is 13.0 Å². The fourth-order valence-corrected chi connectivity index (χ4v) is 2.44. The summed E-state index contributed by atoms with van der Waals surface area (Å²) in [6, 6.07) is 5.22. The zero-order chi connectivity index (χ0) is 11.8. The zero-order valence-electron chi connectivity index (χ0n) is 9.74. The van der Waals surface area contributed by atoms with Gasteiger partial charge < -0.3 is 14.6 Å².